The van der Waals surface area contributed by atoms with Crippen LogP contribution in [0.2, 0.25) is 0 Å². The molecule has 2 rings (SSSR count). The van der Waals surface area contributed by atoms with Crippen molar-refractivity contribution in [1.29, 1.82) is 0 Å². The average Bonchev–Trinajstić information content (AvgIpc) is 2.39. The SMILES string of the molecule is Cc1ccccc1C(Cc1ccc(F)cc1)C(=O)O. The van der Waals surface area contributed by atoms with Crippen molar-refractivity contribution in [3.63, 3.8) is 0 Å². The first-order chi connectivity index (χ1) is 9.08. The van der Waals surface area contributed by atoms with Gasteiger partial charge in [-0.1, -0.05) is 36.4 Å². The minimum atomic E-state index is -0.862. The van der Waals surface area contributed by atoms with Crippen LogP contribution >= 0.6 is 0 Å². The lowest BCUT2D eigenvalue weighted by Gasteiger charge is -2.15. The lowest BCUT2D eigenvalue weighted by molar-refractivity contribution is -0.138. The summed E-state index contributed by atoms with van der Waals surface area (Å²) in [5.41, 5.74) is 2.58. The van der Waals surface area contributed by atoms with Gasteiger partial charge in [0.05, 0.1) is 5.92 Å². The van der Waals surface area contributed by atoms with Gasteiger partial charge in [0.1, 0.15) is 5.82 Å². The van der Waals surface area contributed by atoms with Crippen LogP contribution in [0.25, 0.3) is 0 Å². The van der Waals surface area contributed by atoms with Gasteiger partial charge in [0.2, 0.25) is 0 Å². The number of hydrogen-bond acceptors (Lipinski definition) is 1. The zero-order chi connectivity index (χ0) is 13.8. The van der Waals surface area contributed by atoms with Gasteiger partial charge in [-0.15, -0.1) is 0 Å². The highest BCUT2D eigenvalue weighted by atomic mass is 19.1. The third kappa shape index (κ3) is 3.19. The van der Waals surface area contributed by atoms with Crippen LogP contribution < -0.4 is 0 Å². The molecule has 0 aliphatic carbocycles. The highest BCUT2D eigenvalue weighted by molar-refractivity contribution is 5.77. The monoisotopic (exact) mass is 258 g/mol. The van der Waals surface area contributed by atoms with Crippen molar-refractivity contribution >= 4 is 5.97 Å². The summed E-state index contributed by atoms with van der Waals surface area (Å²) in [5.74, 6) is -1.78. The second-order valence-corrected chi connectivity index (χ2v) is 4.58. The number of rotatable bonds is 4. The molecular weight excluding hydrogens is 243 g/mol. The highest BCUT2D eigenvalue weighted by Crippen LogP contribution is 2.24. The van der Waals surface area contributed by atoms with Gasteiger partial charge in [0.15, 0.2) is 0 Å². The Balaban J connectivity index is 2.29. The van der Waals surface area contributed by atoms with Gasteiger partial charge in [-0.2, -0.15) is 0 Å². The highest BCUT2D eigenvalue weighted by Gasteiger charge is 2.21. The molecule has 19 heavy (non-hydrogen) atoms. The molecule has 1 N–H and O–H groups in total. The summed E-state index contributed by atoms with van der Waals surface area (Å²) >= 11 is 0. The van der Waals surface area contributed by atoms with Crippen molar-refractivity contribution in [2.24, 2.45) is 0 Å². The van der Waals surface area contributed by atoms with Crippen molar-refractivity contribution < 1.29 is 14.3 Å². The minimum absolute atomic E-state index is 0.313. The molecule has 0 aromatic heterocycles. The van der Waals surface area contributed by atoms with E-state index in [0.717, 1.165) is 16.7 Å². The fourth-order valence-corrected chi connectivity index (χ4v) is 2.16. The third-order valence-corrected chi connectivity index (χ3v) is 3.22. The Morgan fingerprint density at radius 3 is 2.37 bits per heavy atom. The molecule has 98 valence electrons. The van der Waals surface area contributed by atoms with Gasteiger partial charge in [-0.25, -0.2) is 4.39 Å². The van der Waals surface area contributed by atoms with Crippen LogP contribution in [0.3, 0.4) is 0 Å². The predicted octanol–water partition coefficient (Wildman–Crippen LogP) is 3.55. The van der Waals surface area contributed by atoms with Gasteiger partial charge < -0.3 is 5.11 Å². The maximum atomic E-state index is 12.9. The molecule has 0 heterocycles. The van der Waals surface area contributed by atoms with Gasteiger partial charge >= 0.3 is 5.97 Å². The number of benzene rings is 2. The van der Waals surface area contributed by atoms with Crippen LogP contribution in [0.4, 0.5) is 4.39 Å². The van der Waals surface area contributed by atoms with Crippen molar-refractivity contribution in [2.45, 2.75) is 19.3 Å². The summed E-state index contributed by atoms with van der Waals surface area (Å²) in [6.07, 6.45) is 0.362. The number of aliphatic carboxylic acids is 1. The number of hydrogen-bond donors (Lipinski definition) is 1. The van der Waals surface area contributed by atoms with Crippen LogP contribution in [0, 0.1) is 12.7 Å². The van der Waals surface area contributed by atoms with Crippen LogP contribution in [0.5, 0.6) is 0 Å². The van der Waals surface area contributed by atoms with E-state index >= 15 is 0 Å². The Kier molecular flexibility index (Phi) is 3.95. The standard InChI is InChI=1S/C16H15FO2/c1-11-4-2-3-5-14(11)15(16(18)19)10-12-6-8-13(17)9-7-12/h2-9,15H,10H2,1H3,(H,18,19). The summed E-state index contributed by atoms with van der Waals surface area (Å²) in [6, 6.07) is 13.4. The normalized spacial score (nSPS) is 12.1. The molecule has 0 fully saturated rings. The minimum Gasteiger partial charge on any atom is -0.481 e. The fourth-order valence-electron chi connectivity index (χ4n) is 2.16. The molecule has 0 aliphatic heterocycles. The zero-order valence-corrected chi connectivity index (χ0v) is 10.6. The quantitative estimate of drug-likeness (QED) is 0.910. The van der Waals surface area contributed by atoms with E-state index in [9.17, 15) is 14.3 Å². The lowest BCUT2D eigenvalue weighted by atomic mass is 9.89. The molecule has 1 atom stereocenters. The van der Waals surface area contributed by atoms with Gasteiger partial charge in [-0.3, -0.25) is 4.79 Å². The molecule has 3 heteroatoms. The summed E-state index contributed by atoms with van der Waals surface area (Å²) < 4.78 is 12.9. The van der Waals surface area contributed by atoms with Gasteiger partial charge in [0.25, 0.3) is 0 Å². The first kappa shape index (κ1) is 13.3. The molecule has 1 unspecified atom stereocenters. The zero-order valence-electron chi connectivity index (χ0n) is 10.6. The Bertz CT molecular complexity index is 576. The van der Waals surface area contributed by atoms with Crippen molar-refractivity contribution in [3.8, 4) is 0 Å². The smallest absolute Gasteiger partial charge is 0.311 e. The molecule has 0 saturated heterocycles. The maximum Gasteiger partial charge on any atom is 0.311 e. The maximum absolute atomic E-state index is 12.9. The molecule has 0 radical (unpaired) electrons. The van der Waals surface area contributed by atoms with Gasteiger partial charge in [-0.05, 0) is 42.2 Å². The molecule has 0 saturated carbocycles. The Hall–Kier alpha value is -2.16. The lowest BCUT2D eigenvalue weighted by Crippen LogP contribution is -2.15. The van der Waals surface area contributed by atoms with E-state index in [4.69, 9.17) is 0 Å². The number of carboxylic acid groups (broad SMARTS) is 1. The van der Waals surface area contributed by atoms with Crippen molar-refractivity contribution in [1.82, 2.24) is 0 Å². The van der Waals surface area contributed by atoms with E-state index < -0.39 is 11.9 Å². The summed E-state index contributed by atoms with van der Waals surface area (Å²) in [5, 5.41) is 9.39. The molecule has 2 nitrogen and oxygen atoms in total. The van der Waals surface area contributed by atoms with Crippen LogP contribution in [0.15, 0.2) is 48.5 Å². The van der Waals surface area contributed by atoms with E-state index in [1.807, 2.05) is 31.2 Å². The fraction of sp³-hybridized carbons (Fsp3) is 0.188. The second kappa shape index (κ2) is 5.65. The van der Waals surface area contributed by atoms with E-state index in [-0.39, 0.29) is 5.82 Å². The van der Waals surface area contributed by atoms with E-state index in [1.54, 1.807) is 12.1 Å². The molecule has 0 bridgehead atoms. The molecule has 2 aromatic rings. The first-order valence-corrected chi connectivity index (χ1v) is 6.10. The first-order valence-electron chi connectivity index (χ1n) is 6.10. The van der Waals surface area contributed by atoms with Crippen molar-refractivity contribution in [2.75, 3.05) is 0 Å². The molecular formula is C16H15FO2. The van der Waals surface area contributed by atoms with E-state index in [0.29, 0.717) is 6.42 Å². The largest absolute Gasteiger partial charge is 0.481 e. The van der Waals surface area contributed by atoms with Crippen LogP contribution in [-0.2, 0) is 11.2 Å². The number of carbonyl (C=O) groups is 1. The van der Waals surface area contributed by atoms with Gasteiger partial charge in [0, 0.05) is 0 Å². The van der Waals surface area contributed by atoms with Crippen molar-refractivity contribution in [3.05, 3.63) is 71.0 Å². The Morgan fingerprint density at radius 1 is 1.16 bits per heavy atom. The Morgan fingerprint density at radius 2 is 1.79 bits per heavy atom. The van der Waals surface area contributed by atoms with E-state index in [2.05, 4.69) is 0 Å². The predicted molar refractivity (Wildman–Crippen MR) is 71.7 cm³/mol. The molecule has 0 amide bonds. The molecule has 0 spiro atoms. The molecule has 2 aromatic carbocycles. The summed E-state index contributed by atoms with van der Waals surface area (Å²) in [6.45, 7) is 1.90. The average molecular weight is 258 g/mol. The van der Waals surface area contributed by atoms with E-state index in [1.165, 1.54) is 12.1 Å². The second-order valence-electron chi connectivity index (χ2n) is 4.58. The number of halogens is 1. The van der Waals surface area contributed by atoms with Crippen LogP contribution in [0.1, 0.15) is 22.6 Å². The number of carboxylic acids is 1. The molecule has 0 aliphatic rings. The summed E-state index contributed by atoms with van der Waals surface area (Å²) in [7, 11) is 0. The summed E-state index contributed by atoms with van der Waals surface area (Å²) in [4.78, 5) is 11.4. The van der Waals surface area contributed by atoms with Crippen LogP contribution in [-0.4, -0.2) is 11.1 Å². The number of aryl methyl sites for hydroxylation is 1. The Labute approximate surface area is 111 Å². The topological polar surface area (TPSA) is 37.3 Å². The third-order valence-electron chi connectivity index (χ3n) is 3.22.